The summed E-state index contributed by atoms with van der Waals surface area (Å²) in [5.74, 6) is 0.215. The third-order valence-corrected chi connectivity index (χ3v) is 2.46. The molecule has 0 N–H and O–H groups in total. The maximum Gasteiger partial charge on any atom is 0.129 e. The first-order valence-electron chi connectivity index (χ1n) is 5.46. The van der Waals surface area contributed by atoms with Gasteiger partial charge in [0.2, 0.25) is 0 Å². The number of hydrogen-bond acceptors (Lipinski definition) is 3. The molecule has 0 saturated carbocycles. The first-order valence-corrected chi connectivity index (χ1v) is 5.46. The third-order valence-electron chi connectivity index (χ3n) is 2.46. The Labute approximate surface area is 94.3 Å². The monoisotopic (exact) mass is 217 g/mol. The molecule has 0 atom stereocenters. The van der Waals surface area contributed by atoms with Crippen LogP contribution in [0.4, 0.5) is 0 Å². The van der Waals surface area contributed by atoms with E-state index in [4.69, 9.17) is 0 Å². The Morgan fingerprint density at radius 2 is 2.06 bits per heavy atom. The van der Waals surface area contributed by atoms with Crippen molar-refractivity contribution in [1.82, 2.24) is 15.0 Å². The van der Waals surface area contributed by atoms with Gasteiger partial charge in [-0.3, -0.25) is 0 Å². The highest BCUT2D eigenvalue weighted by Crippen LogP contribution is 2.11. The molecule has 0 saturated heterocycles. The predicted octanol–water partition coefficient (Wildman–Crippen LogP) is 2.11. The van der Waals surface area contributed by atoms with Crippen molar-refractivity contribution in [2.45, 2.75) is 33.2 Å². The maximum atomic E-state index is 10.8. The van der Waals surface area contributed by atoms with Gasteiger partial charge in [-0.25, -0.2) is 0 Å². The highest BCUT2D eigenvalue weighted by Gasteiger charge is 2.02. The number of nitrogens with zero attached hydrogens (tertiary/aromatic N) is 3. The summed E-state index contributed by atoms with van der Waals surface area (Å²) >= 11 is 0. The lowest BCUT2D eigenvalue weighted by atomic mass is 10.2. The molecule has 2 rings (SSSR count). The van der Waals surface area contributed by atoms with Gasteiger partial charge in [-0.1, -0.05) is 6.07 Å². The fraction of sp³-hybridized carbons (Fsp3) is 0.417. The zero-order valence-corrected chi connectivity index (χ0v) is 9.60. The van der Waals surface area contributed by atoms with E-state index in [2.05, 4.69) is 10.2 Å². The van der Waals surface area contributed by atoms with Gasteiger partial charge in [0.25, 0.3) is 0 Å². The number of ketones is 1. The Balaban J connectivity index is 2.10. The van der Waals surface area contributed by atoms with Crippen LogP contribution >= 0.6 is 0 Å². The van der Waals surface area contributed by atoms with E-state index in [1.54, 1.807) is 11.7 Å². The molecule has 2 aromatic rings. The number of aryl methyl sites for hydroxylation is 2. The largest absolute Gasteiger partial charge is 0.300 e. The Kier molecular flexibility index (Phi) is 2.99. The molecule has 0 amide bonds. The Morgan fingerprint density at radius 3 is 2.81 bits per heavy atom. The molecule has 4 heteroatoms. The lowest BCUT2D eigenvalue weighted by Gasteiger charge is -1.96. The van der Waals surface area contributed by atoms with Crippen molar-refractivity contribution in [2.75, 3.05) is 0 Å². The van der Waals surface area contributed by atoms with Crippen LogP contribution in [0.3, 0.4) is 0 Å². The molecule has 1 heterocycles. The van der Waals surface area contributed by atoms with Gasteiger partial charge < -0.3 is 4.79 Å². The minimum absolute atomic E-state index is 0.215. The molecular formula is C12H15N3O. The molecule has 0 spiro atoms. The molecule has 0 aliphatic carbocycles. The van der Waals surface area contributed by atoms with E-state index >= 15 is 0 Å². The molecule has 4 nitrogen and oxygen atoms in total. The van der Waals surface area contributed by atoms with Crippen molar-refractivity contribution >= 4 is 16.8 Å². The average Bonchev–Trinajstić information content (AvgIpc) is 2.58. The van der Waals surface area contributed by atoms with Crippen molar-refractivity contribution < 1.29 is 4.79 Å². The van der Waals surface area contributed by atoms with Crippen molar-refractivity contribution in [1.29, 1.82) is 0 Å². The highest BCUT2D eigenvalue weighted by molar-refractivity contribution is 5.75. The van der Waals surface area contributed by atoms with E-state index in [1.165, 1.54) is 5.56 Å². The van der Waals surface area contributed by atoms with Crippen LogP contribution in [0.5, 0.6) is 0 Å². The van der Waals surface area contributed by atoms with Gasteiger partial charge in [0, 0.05) is 6.42 Å². The first kappa shape index (κ1) is 10.8. The van der Waals surface area contributed by atoms with Crippen LogP contribution in [0.1, 0.15) is 25.3 Å². The fourth-order valence-electron chi connectivity index (χ4n) is 1.64. The normalized spacial score (nSPS) is 10.9. The molecule has 84 valence electrons. The summed E-state index contributed by atoms with van der Waals surface area (Å²) < 4.78 is 0. The van der Waals surface area contributed by atoms with Crippen LogP contribution < -0.4 is 0 Å². The summed E-state index contributed by atoms with van der Waals surface area (Å²) in [5, 5.41) is 8.71. The smallest absolute Gasteiger partial charge is 0.129 e. The maximum absolute atomic E-state index is 10.8. The quantitative estimate of drug-likeness (QED) is 0.788. The summed E-state index contributed by atoms with van der Waals surface area (Å²) in [4.78, 5) is 12.5. The second kappa shape index (κ2) is 4.43. The minimum atomic E-state index is 0.215. The molecule has 1 aromatic carbocycles. The molecule has 0 aliphatic rings. The second-order valence-electron chi connectivity index (χ2n) is 4.09. The van der Waals surface area contributed by atoms with E-state index < -0.39 is 0 Å². The van der Waals surface area contributed by atoms with Crippen LogP contribution in [0, 0.1) is 6.92 Å². The summed E-state index contributed by atoms with van der Waals surface area (Å²) in [5.41, 5.74) is 3.01. The molecule has 0 aliphatic heterocycles. The number of benzene rings is 1. The first-order chi connectivity index (χ1) is 7.65. The van der Waals surface area contributed by atoms with Gasteiger partial charge in [0.1, 0.15) is 16.8 Å². The van der Waals surface area contributed by atoms with E-state index in [9.17, 15) is 4.79 Å². The molecule has 0 bridgehead atoms. The zero-order valence-electron chi connectivity index (χ0n) is 9.60. The van der Waals surface area contributed by atoms with Crippen LogP contribution in [-0.4, -0.2) is 20.8 Å². The highest BCUT2D eigenvalue weighted by atomic mass is 16.1. The number of Topliss-reactive ketones (excluding diaryl/α,β-unsaturated/α-hetero) is 1. The van der Waals surface area contributed by atoms with E-state index in [1.807, 2.05) is 25.1 Å². The van der Waals surface area contributed by atoms with E-state index in [-0.39, 0.29) is 5.78 Å². The number of hydrogen-bond donors (Lipinski definition) is 0. The molecule has 0 fully saturated rings. The molecule has 16 heavy (non-hydrogen) atoms. The molecule has 1 aromatic heterocycles. The van der Waals surface area contributed by atoms with E-state index in [0.717, 1.165) is 17.5 Å². The summed E-state index contributed by atoms with van der Waals surface area (Å²) in [6, 6.07) is 6.01. The van der Waals surface area contributed by atoms with Gasteiger partial charge >= 0.3 is 0 Å². The van der Waals surface area contributed by atoms with Crippen molar-refractivity contribution in [3.63, 3.8) is 0 Å². The second-order valence-corrected chi connectivity index (χ2v) is 4.09. The fourth-order valence-corrected chi connectivity index (χ4v) is 1.64. The van der Waals surface area contributed by atoms with Crippen molar-refractivity contribution in [3.8, 4) is 0 Å². The lowest BCUT2D eigenvalue weighted by Crippen LogP contribution is -2.03. The van der Waals surface area contributed by atoms with Gasteiger partial charge in [-0.2, -0.15) is 15.0 Å². The Bertz CT molecular complexity index is 516. The number of carbonyl (C=O) groups is 1. The Morgan fingerprint density at radius 1 is 1.31 bits per heavy atom. The van der Waals surface area contributed by atoms with Gasteiger partial charge in [0.15, 0.2) is 0 Å². The van der Waals surface area contributed by atoms with Crippen LogP contribution in [-0.2, 0) is 11.3 Å². The molecule has 0 unspecified atom stereocenters. The lowest BCUT2D eigenvalue weighted by molar-refractivity contribution is -0.117. The average molecular weight is 217 g/mol. The van der Waals surface area contributed by atoms with Crippen LogP contribution in [0.2, 0.25) is 0 Å². The van der Waals surface area contributed by atoms with Gasteiger partial charge in [-0.05, 0) is 38.0 Å². The summed E-state index contributed by atoms with van der Waals surface area (Å²) in [7, 11) is 0. The minimum Gasteiger partial charge on any atom is -0.300 e. The number of carbonyl (C=O) groups excluding carboxylic acids is 1. The third kappa shape index (κ3) is 2.45. The van der Waals surface area contributed by atoms with E-state index in [0.29, 0.717) is 13.0 Å². The summed E-state index contributed by atoms with van der Waals surface area (Å²) in [6.45, 7) is 4.35. The van der Waals surface area contributed by atoms with Crippen molar-refractivity contribution in [2.24, 2.45) is 0 Å². The topological polar surface area (TPSA) is 47.8 Å². The molecular weight excluding hydrogens is 202 g/mol. The predicted molar refractivity (Wildman–Crippen MR) is 62.2 cm³/mol. The van der Waals surface area contributed by atoms with Crippen LogP contribution in [0.15, 0.2) is 18.2 Å². The van der Waals surface area contributed by atoms with Crippen molar-refractivity contribution in [3.05, 3.63) is 23.8 Å². The number of fused-ring (bicyclic) bond motifs is 1. The number of rotatable bonds is 4. The van der Waals surface area contributed by atoms with Gasteiger partial charge in [-0.15, -0.1) is 0 Å². The Hall–Kier alpha value is -1.71. The van der Waals surface area contributed by atoms with Gasteiger partial charge in [0.05, 0.1) is 6.54 Å². The zero-order chi connectivity index (χ0) is 11.5. The standard InChI is InChI=1S/C12H15N3O/c1-9-5-6-11-12(8-9)14-15(13-11)7-3-4-10(2)16/h5-6,8H,3-4,7H2,1-2H3. The number of aromatic nitrogens is 3. The SMILES string of the molecule is CC(=O)CCCn1nc2ccc(C)cc2n1. The summed E-state index contributed by atoms with van der Waals surface area (Å²) in [6.07, 6.45) is 1.40. The van der Waals surface area contributed by atoms with Crippen LogP contribution in [0.25, 0.3) is 11.0 Å². The molecule has 0 radical (unpaired) electrons.